The van der Waals surface area contributed by atoms with Gasteiger partial charge in [-0.15, -0.1) is 0 Å². The molecule has 3 N–H and O–H groups in total. The number of hydrogen-bond acceptors (Lipinski definition) is 4. The summed E-state index contributed by atoms with van der Waals surface area (Å²) in [6.07, 6.45) is 1.78. The van der Waals surface area contributed by atoms with Crippen molar-refractivity contribution in [3.63, 3.8) is 0 Å². The van der Waals surface area contributed by atoms with Crippen LogP contribution in [0.3, 0.4) is 0 Å². The van der Waals surface area contributed by atoms with E-state index in [1.54, 1.807) is 12.1 Å². The Labute approximate surface area is 128 Å². The number of aryl methyl sites for hydroxylation is 1. The smallest absolute Gasteiger partial charge is 0.240 e. The summed E-state index contributed by atoms with van der Waals surface area (Å²) in [6.45, 7) is 4.98. The summed E-state index contributed by atoms with van der Waals surface area (Å²) < 4.78 is 27.2. The fourth-order valence-electron chi connectivity index (χ4n) is 1.65. The summed E-state index contributed by atoms with van der Waals surface area (Å²) in [4.78, 5) is 2.29. The minimum absolute atomic E-state index is 0.242. The van der Waals surface area contributed by atoms with E-state index in [-0.39, 0.29) is 5.54 Å². The molecule has 0 atom stereocenters. The normalized spacial score (nSPS) is 12.9. The van der Waals surface area contributed by atoms with Gasteiger partial charge in [-0.1, -0.05) is 12.1 Å². The third kappa shape index (κ3) is 5.39. The first-order valence-electron chi connectivity index (χ1n) is 7.15. The summed E-state index contributed by atoms with van der Waals surface area (Å²) >= 11 is 0. The number of sulfonamides is 1. The zero-order valence-electron chi connectivity index (χ0n) is 13.4. The topological polar surface area (TPSA) is 75.4 Å². The van der Waals surface area contributed by atoms with Gasteiger partial charge in [-0.05, 0) is 65.0 Å². The van der Waals surface area contributed by atoms with Crippen LogP contribution in [0.1, 0.15) is 25.8 Å². The Balaban J connectivity index is 2.74. The van der Waals surface area contributed by atoms with Crippen LogP contribution < -0.4 is 10.5 Å². The summed E-state index contributed by atoms with van der Waals surface area (Å²) in [5.74, 6) is 0. The van der Waals surface area contributed by atoms with Crippen LogP contribution in [0.5, 0.6) is 0 Å². The molecule has 0 aliphatic rings. The maximum absolute atomic E-state index is 12.3. The number of nitrogens with two attached hydrogens (primary N) is 1. The quantitative estimate of drug-likeness (QED) is 0.756. The number of nitrogens with one attached hydrogen (secondary N) is 1. The number of nitrogens with zero attached hydrogens (tertiary/aromatic N) is 1. The lowest BCUT2D eigenvalue weighted by Gasteiger charge is -2.32. The fourth-order valence-corrected chi connectivity index (χ4v) is 2.86. The van der Waals surface area contributed by atoms with Crippen molar-refractivity contribution in [2.75, 3.05) is 27.2 Å². The molecule has 5 nitrogen and oxygen atoms in total. The van der Waals surface area contributed by atoms with Crippen molar-refractivity contribution in [2.45, 2.75) is 37.1 Å². The van der Waals surface area contributed by atoms with Gasteiger partial charge in [-0.2, -0.15) is 0 Å². The highest BCUT2D eigenvalue weighted by atomic mass is 32.2. The molecule has 21 heavy (non-hydrogen) atoms. The van der Waals surface area contributed by atoms with E-state index in [1.165, 1.54) is 0 Å². The molecule has 0 bridgehead atoms. The van der Waals surface area contributed by atoms with Gasteiger partial charge in [0.1, 0.15) is 0 Å². The van der Waals surface area contributed by atoms with E-state index in [4.69, 9.17) is 5.73 Å². The predicted molar refractivity (Wildman–Crippen MR) is 86.8 cm³/mol. The van der Waals surface area contributed by atoms with Crippen molar-refractivity contribution in [3.8, 4) is 0 Å². The average molecular weight is 313 g/mol. The molecule has 1 aromatic carbocycles. The van der Waals surface area contributed by atoms with Crippen molar-refractivity contribution in [2.24, 2.45) is 5.73 Å². The van der Waals surface area contributed by atoms with Crippen molar-refractivity contribution in [1.82, 2.24) is 9.62 Å². The van der Waals surface area contributed by atoms with Crippen LogP contribution in [0.15, 0.2) is 29.2 Å². The Kier molecular flexibility index (Phi) is 6.34. The average Bonchev–Trinajstić information content (AvgIpc) is 2.43. The molecule has 1 rings (SSSR count). The molecular weight excluding hydrogens is 286 g/mol. The molecule has 6 heteroatoms. The minimum Gasteiger partial charge on any atom is -0.330 e. The maximum Gasteiger partial charge on any atom is 0.240 e. The summed E-state index contributed by atoms with van der Waals surface area (Å²) in [6, 6.07) is 7.00. The number of rotatable bonds is 8. The van der Waals surface area contributed by atoms with Crippen LogP contribution in [0.4, 0.5) is 0 Å². The van der Waals surface area contributed by atoms with Gasteiger partial charge in [0, 0.05) is 12.1 Å². The lowest BCUT2D eigenvalue weighted by Crippen LogP contribution is -2.48. The van der Waals surface area contributed by atoms with Crippen LogP contribution >= 0.6 is 0 Å². The monoisotopic (exact) mass is 313 g/mol. The third-order valence-electron chi connectivity index (χ3n) is 3.81. The Bertz CT molecular complexity index is 537. The van der Waals surface area contributed by atoms with E-state index >= 15 is 0 Å². The molecule has 120 valence electrons. The molecule has 0 fully saturated rings. The minimum atomic E-state index is -3.47. The second-order valence-electron chi connectivity index (χ2n) is 6.07. The van der Waals surface area contributed by atoms with Gasteiger partial charge in [0.2, 0.25) is 10.0 Å². The first-order chi connectivity index (χ1) is 9.69. The number of hydrogen-bond donors (Lipinski definition) is 2. The van der Waals surface area contributed by atoms with Crippen molar-refractivity contribution >= 4 is 10.0 Å². The molecule has 0 aromatic heterocycles. The van der Waals surface area contributed by atoms with Gasteiger partial charge < -0.3 is 10.6 Å². The molecule has 0 aliphatic heterocycles. The van der Waals surface area contributed by atoms with Gasteiger partial charge in [0.15, 0.2) is 0 Å². The van der Waals surface area contributed by atoms with Crippen molar-refractivity contribution < 1.29 is 8.42 Å². The van der Waals surface area contributed by atoms with Crippen LogP contribution in [0.2, 0.25) is 0 Å². The van der Waals surface area contributed by atoms with Gasteiger partial charge in [-0.3, -0.25) is 0 Å². The largest absolute Gasteiger partial charge is 0.330 e. The van der Waals surface area contributed by atoms with Gasteiger partial charge in [-0.25, -0.2) is 13.1 Å². The van der Waals surface area contributed by atoms with Crippen molar-refractivity contribution in [1.29, 1.82) is 0 Å². The predicted octanol–water partition coefficient (Wildman–Crippen LogP) is 1.20. The van der Waals surface area contributed by atoms with Gasteiger partial charge >= 0.3 is 0 Å². The Morgan fingerprint density at radius 1 is 1.19 bits per heavy atom. The molecule has 0 unspecified atom stereocenters. The van der Waals surface area contributed by atoms with E-state index in [9.17, 15) is 8.42 Å². The highest BCUT2D eigenvalue weighted by molar-refractivity contribution is 7.89. The lowest BCUT2D eigenvalue weighted by molar-refractivity contribution is 0.199. The molecule has 0 heterocycles. The summed E-state index contributed by atoms with van der Waals surface area (Å²) in [5.41, 5.74) is 6.33. The molecule has 0 aliphatic carbocycles. The molecule has 0 radical (unpaired) electrons. The Morgan fingerprint density at radius 2 is 1.76 bits per heavy atom. The Hall–Kier alpha value is -0.950. The standard InChI is InChI=1S/C15H27N3O2S/c1-15(2,18(3)4)12-17-21(19,20)14-9-7-13(8-10-14)6-5-11-16/h7-10,17H,5-6,11-12,16H2,1-4H3. The summed E-state index contributed by atoms with van der Waals surface area (Å²) in [7, 11) is 0.397. The molecule has 0 amide bonds. The summed E-state index contributed by atoms with van der Waals surface area (Å²) in [5, 5.41) is 0. The van der Waals surface area contributed by atoms with E-state index in [1.807, 2.05) is 45.0 Å². The van der Waals surface area contributed by atoms with E-state index < -0.39 is 10.0 Å². The molecular formula is C15H27N3O2S. The first-order valence-corrected chi connectivity index (χ1v) is 8.63. The molecule has 1 aromatic rings. The van der Waals surface area contributed by atoms with Crippen LogP contribution in [0, 0.1) is 0 Å². The van der Waals surface area contributed by atoms with E-state index in [0.717, 1.165) is 18.4 Å². The highest BCUT2D eigenvalue weighted by Gasteiger charge is 2.24. The van der Waals surface area contributed by atoms with Crippen LogP contribution in [-0.4, -0.2) is 46.0 Å². The number of likely N-dealkylation sites (N-methyl/N-ethyl adjacent to an activating group) is 1. The lowest BCUT2D eigenvalue weighted by atomic mass is 10.1. The van der Waals surface area contributed by atoms with Gasteiger partial charge in [0.25, 0.3) is 0 Å². The van der Waals surface area contributed by atoms with Crippen LogP contribution in [0.25, 0.3) is 0 Å². The maximum atomic E-state index is 12.3. The third-order valence-corrected chi connectivity index (χ3v) is 5.23. The zero-order chi connectivity index (χ0) is 16.1. The van der Waals surface area contributed by atoms with E-state index in [0.29, 0.717) is 18.0 Å². The molecule has 0 saturated carbocycles. The fraction of sp³-hybridized carbons (Fsp3) is 0.600. The Morgan fingerprint density at radius 3 is 2.24 bits per heavy atom. The second kappa shape index (κ2) is 7.35. The van der Waals surface area contributed by atoms with Crippen LogP contribution in [-0.2, 0) is 16.4 Å². The number of benzene rings is 1. The highest BCUT2D eigenvalue weighted by Crippen LogP contribution is 2.14. The second-order valence-corrected chi connectivity index (χ2v) is 7.83. The van der Waals surface area contributed by atoms with Crippen molar-refractivity contribution in [3.05, 3.63) is 29.8 Å². The van der Waals surface area contributed by atoms with Gasteiger partial charge in [0.05, 0.1) is 4.90 Å². The van der Waals surface area contributed by atoms with E-state index in [2.05, 4.69) is 4.72 Å². The SMILES string of the molecule is CN(C)C(C)(C)CNS(=O)(=O)c1ccc(CCCN)cc1. The molecule has 0 spiro atoms. The molecule has 0 saturated heterocycles. The zero-order valence-corrected chi connectivity index (χ0v) is 14.2. The first kappa shape index (κ1) is 18.1.